The van der Waals surface area contributed by atoms with Crippen molar-refractivity contribution in [3.63, 3.8) is 0 Å². The van der Waals surface area contributed by atoms with Gasteiger partial charge in [0.1, 0.15) is 6.07 Å². The van der Waals surface area contributed by atoms with Gasteiger partial charge in [-0.2, -0.15) is 5.26 Å². The molecule has 0 N–H and O–H groups in total. The van der Waals surface area contributed by atoms with Crippen LogP contribution in [0.4, 0.5) is 3.89 Å². The third-order valence-corrected chi connectivity index (χ3v) is 2.84. The Hall–Kier alpha value is -1.51. The SMILES string of the molecule is N#Cc1cn(SF)c2c(C=O)cc(Cl)cc12. The van der Waals surface area contributed by atoms with E-state index in [1.165, 1.54) is 18.3 Å². The standard InChI is InChI=1S/C10H4ClFN2OS/c11-8-1-6(5-15)10-9(2-8)7(3-13)4-14(10)16-12/h1-2,4-5H. The molecule has 1 aromatic heterocycles. The Labute approximate surface area is 99.8 Å². The van der Waals surface area contributed by atoms with Crippen molar-refractivity contribution in [3.8, 4) is 6.07 Å². The molecule has 0 saturated carbocycles. The molecule has 0 bridgehead atoms. The summed E-state index contributed by atoms with van der Waals surface area (Å²) < 4.78 is 13.8. The van der Waals surface area contributed by atoms with E-state index in [1.54, 1.807) is 0 Å². The van der Waals surface area contributed by atoms with Crippen molar-refractivity contribution in [1.82, 2.24) is 3.97 Å². The van der Waals surface area contributed by atoms with Gasteiger partial charge in [0.2, 0.25) is 0 Å². The van der Waals surface area contributed by atoms with Crippen molar-refractivity contribution < 1.29 is 8.68 Å². The molecule has 0 aliphatic rings. The first-order valence-corrected chi connectivity index (χ1v) is 5.25. The molecule has 2 rings (SSSR count). The van der Waals surface area contributed by atoms with Crippen LogP contribution in [0.3, 0.4) is 0 Å². The number of nitrogens with zero attached hydrogens (tertiary/aromatic N) is 2. The van der Waals surface area contributed by atoms with E-state index in [9.17, 15) is 8.68 Å². The van der Waals surface area contributed by atoms with E-state index in [1.807, 2.05) is 6.07 Å². The van der Waals surface area contributed by atoms with Crippen LogP contribution in [-0.4, -0.2) is 10.3 Å². The number of halogens is 2. The third kappa shape index (κ3) is 1.56. The summed E-state index contributed by atoms with van der Waals surface area (Å²) in [5, 5.41) is 9.69. The summed E-state index contributed by atoms with van der Waals surface area (Å²) in [5.74, 6) is 0. The van der Waals surface area contributed by atoms with Crippen LogP contribution in [0, 0.1) is 11.3 Å². The van der Waals surface area contributed by atoms with Crippen molar-refractivity contribution in [2.75, 3.05) is 0 Å². The minimum Gasteiger partial charge on any atom is -0.298 e. The lowest BCUT2D eigenvalue weighted by Gasteiger charge is -2.00. The quantitative estimate of drug-likeness (QED) is 0.772. The van der Waals surface area contributed by atoms with Gasteiger partial charge in [0.25, 0.3) is 0 Å². The number of aldehydes is 1. The first kappa shape index (κ1) is 11.0. The minimum atomic E-state index is -0.0665. The highest BCUT2D eigenvalue weighted by atomic mass is 35.5. The van der Waals surface area contributed by atoms with Crippen LogP contribution in [0.5, 0.6) is 0 Å². The Morgan fingerprint density at radius 1 is 1.56 bits per heavy atom. The summed E-state index contributed by atoms with van der Waals surface area (Å²) in [7, 11) is 0. The van der Waals surface area contributed by atoms with E-state index in [0.717, 1.165) is 3.97 Å². The number of carbonyl (C=O) groups is 1. The molecular weight excluding hydrogens is 251 g/mol. The molecule has 0 saturated heterocycles. The van der Waals surface area contributed by atoms with Crippen molar-refractivity contribution in [1.29, 1.82) is 5.26 Å². The van der Waals surface area contributed by atoms with Gasteiger partial charge in [0.05, 0.1) is 11.1 Å². The van der Waals surface area contributed by atoms with Gasteiger partial charge in [-0.25, -0.2) is 0 Å². The second-order valence-electron chi connectivity index (χ2n) is 3.06. The highest BCUT2D eigenvalue weighted by molar-refractivity contribution is 7.92. The highest BCUT2D eigenvalue weighted by Crippen LogP contribution is 2.30. The average molecular weight is 255 g/mol. The number of hydrogen-bond acceptors (Lipinski definition) is 3. The van der Waals surface area contributed by atoms with Crippen LogP contribution in [0.25, 0.3) is 10.9 Å². The van der Waals surface area contributed by atoms with E-state index in [4.69, 9.17) is 16.9 Å². The van der Waals surface area contributed by atoms with Crippen LogP contribution < -0.4 is 0 Å². The summed E-state index contributed by atoms with van der Waals surface area (Å²) in [5.41, 5.74) is 0.906. The molecule has 16 heavy (non-hydrogen) atoms. The Balaban J connectivity index is 2.95. The lowest BCUT2D eigenvalue weighted by Crippen LogP contribution is -1.88. The number of benzene rings is 1. The number of carbonyl (C=O) groups excluding carboxylic acids is 1. The molecule has 0 unspecified atom stereocenters. The van der Waals surface area contributed by atoms with Crippen molar-refractivity contribution in [3.05, 3.63) is 34.5 Å². The average Bonchev–Trinajstić information content (AvgIpc) is 2.65. The van der Waals surface area contributed by atoms with Crippen LogP contribution >= 0.6 is 23.9 Å². The van der Waals surface area contributed by atoms with E-state index in [-0.39, 0.29) is 23.5 Å². The predicted octanol–water partition coefficient (Wildman–Crippen LogP) is 3.36. The van der Waals surface area contributed by atoms with E-state index in [0.29, 0.717) is 22.2 Å². The Morgan fingerprint density at radius 3 is 2.88 bits per heavy atom. The molecule has 0 fully saturated rings. The largest absolute Gasteiger partial charge is 0.298 e. The molecule has 0 atom stereocenters. The Bertz CT molecular complexity index is 617. The lowest BCUT2D eigenvalue weighted by atomic mass is 10.1. The highest BCUT2D eigenvalue weighted by Gasteiger charge is 2.13. The zero-order chi connectivity index (χ0) is 11.7. The van der Waals surface area contributed by atoms with Crippen molar-refractivity contribution >= 4 is 41.1 Å². The molecule has 3 nitrogen and oxygen atoms in total. The van der Waals surface area contributed by atoms with E-state index < -0.39 is 0 Å². The summed E-state index contributed by atoms with van der Waals surface area (Å²) >= 11 is 5.74. The minimum absolute atomic E-state index is 0.0665. The molecule has 2 aromatic rings. The van der Waals surface area contributed by atoms with Gasteiger partial charge < -0.3 is 0 Å². The van der Waals surface area contributed by atoms with Gasteiger partial charge in [0.15, 0.2) is 18.6 Å². The molecule has 0 aliphatic carbocycles. The van der Waals surface area contributed by atoms with E-state index in [2.05, 4.69) is 0 Å². The fourth-order valence-electron chi connectivity index (χ4n) is 1.56. The zero-order valence-corrected chi connectivity index (χ0v) is 9.35. The van der Waals surface area contributed by atoms with Gasteiger partial charge in [0, 0.05) is 22.2 Å². The first-order chi connectivity index (χ1) is 7.71. The summed E-state index contributed by atoms with van der Waals surface area (Å²) in [6, 6.07) is 4.90. The first-order valence-electron chi connectivity index (χ1n) is 4.20. The maximum atomic E-state index is 12.6. The van der Waals surface area contributed by atoms with Gasteiger partial charge in [-0.15, -0.1) is 3.89 Å². The molecule has 6 heteroatoms. The zero-order valence-electron chi connectivity index (χ0n) is 7.78. The molecule has 80 valence electrons. The number of nitriles is 1. The summed E-state index contributed by atoms with van der Waals surface area (Å²) in [4.78, 5) is 10.9. The molecule has 0 aliphatic heterocycles. The number of hydrogen-bond donors (Lipinski definition) is 0. The van der Waals surface area contributed by atoms with Crippen LogP contribution in [0.2, 0.25) is 5.02 Å². The fourth-order valence-corrected chi connectivity index (χ4v) is 2.20. The van der Waals surface area contributed by atoms with Crippen LogP contribution in [-0.2, 0) is 0 Å². The Kier molecular flexibility index (Phi) is 2.86. The predicted molar refractivity (Wildman–Crippen MR) is 61.1 cm³/mol. The Morgan fingerprint density at radius 2 is 2.31 bits per heavy atom. The number of rotatable bonds is 2. The molecular formula is C10H4ClFN2OS. The van der Waals surface area contributed by atoms with Gasteiger partial charge in [-0.1, -0.05) is 11.6 Å². The fraction of sp³-hybridized carbons (Fsp3) is 0. The van der Waals surface area contributed by atoms with Gasteiger partial charge in [-0.05, 0) is 12.1 Å². The third-order valence-electron chi connectivity index (χ3n) is 2.18. The van der Waals surface area contributed by atoms with Crippen LogP contribution in [0.1, 0.15) is 15.9 Å². The molecule has 0 radical (unpaired) electrons. The van der Waals surface area contributed by atoms with Gasteiger partial charge >= 0.3 is 0 Å². The maximum absolute atomic E-state index is 12.6. The van der Waals surface area contributed by atoms with E-state index >= 15 is 0 Å². The monoisotopic (exact) mass is 254 g/mol. The summed E-state index contributed by atoms with van der Waals surface area (Å²) in [6.45, 7) is 0. The summed E-state index contributed by atoms with van der Waals surface area (Å²) in [6.07, 6.45) is 1.92. The molecule has 0 spiro atoms. The lowest BCUT2D eigenvalue weighted by molar-refractivity contribution is 0.112. The van der Waals surface area contributed by atoms with Crippen molar-refractivity contribution in [2.45, 2.75) is 0 Å². The molecule has 1 aromatic carbocycles. The number of aromatic nitrogens is 1. The second kappa shape index (κ2) is 4.16. The normalized spacial score (nSPS) is 10.3. The van der Waals surface area contributed by atoms with Crippen molar-refractivity contribution in [2.24, 2.45) is 0 Å². The van der Waals surface area contributed by atoms with Crippen LogP contribution in [0.15, 0.2) is 18.3 Å². The maximum Gasteiger partial charge on any atom is 0.169 e. The topological polar surface area (TPSA) is 45.8 Å². The second-order valence-corrected chi connectivity index (χ2v) is 4.03. The molecule has 1 heterocycles. The molecule has 0 amide bonds. The smallest absolute Gasteiger partial charge is 0.169 e. The van der Waals surface area contributed by atoms with Gasteiger partial charge in [-0.3, -0.25) is 8.77 Å². The number of fused-ring (bicyclic) bond motifs is 1.